The second-order valence-electron chi connectivity index (χ2n) is 5.47. The number of hydrogen-bond donors (Lipinski definition) is 2. The van der Waals surface area contributed by atoms with Crippen LogP contribution in [0.5, 0.6) is 0 Å². The zero-order valence-corrected chi connectivity index (χ0v) is 13.6. The normalized spacial score (nSPS) is 13.7. The van der Waals surface area contributed by atoms with Crippen molar-refractivity contribution in [3.8, 4) is 0 Å². The standard InChI is InChI=1S/C15H25N3O5/c1-4-7-12(20)10-18-14(22)16(8-5-2)13(21)17(15(18)23)9-11(19)6-3/h5,11-12,19-20H,2,4,6-10H2,1,3H3. The van der Waals surface area contributed by atoms with Crippen molar-refractivity contribution < 1.29 is 10.2 Å². The summed E-state index contributed by atoms with van der Waals surface area (Å²) in [5.41, 5.74) is -2.38. The molecule has 1 aromatic rings. The van der Waals surface area contributed by atoms with E-state index in [4.69, 9.17) is 0 Å². The van der Waals surface area contributed by atoms with Crippen molar-refractivity contribution >= 4 is 0 Å². The minimum atomic E-state index is -0.871. The molecule has 0 bridgehead atoms. The first-order valence-corrected chi connectivity index (χ1v) is 7.78. The van der Waals surface area contributed by atoms with E-state index in [1.165, 1.54) is 6.08 Å². The summed E-state index contributed by atoms with van der Waals surface area (Å²) >= 11 is 0. The van der Waals surface area contributed by atoms with E-state index in [-0.39, 0.29) is 19.6 Å². The van der Waals surface area contributed by atoms with Crippen LogP contribution in [0, 0.1) is 0 Å². The highest BCUT2D eigenvalue weighted by Gasteiger charge is 2.18. The van der Waals surface area contributed by atoms with Crippen LogP contribution in [0.4, 0.5) is 0 Å². The van der Waals surface area contributed by atoms with Crippen LogP contribution in [0.2, 0.25) is 0 Å². The second-order valence-corrected chi connectivity index (χ2v) is 5.47. The van der Waals surface area contributed by atoms with Gasteiger partial charge in [0, 0.05) is 0 Å². The molecule has 2 unspecified atom stereocenters. The Balaban J connectivity index is 3.49. The van der Waals surface area contributed by atoms with Gasteiger partial charge in [-0.1, -0.05) is 26.3 Å². The first kappa shape index (κ1) is 19.1. The monoisotopic (exact) mass is 327 g/mol. The maximum absolute atomic E-state index is 12.4. The lowest BCUT2D eigenvalue weighted by Crippen LogP contribution is -2.56. The quantitative estimate of drug-likeness (QED) is 0.583. The summed E-state index contributed by atoms with van der Waals surface area (Å²) in [6, 6.07) is 0. The Labute approximate surface area is 133 Å². The molecule has 1 heterocycles. The summed E-state index contributed by atoms with van der Waals surface area (Å²) in [6.07, 6.45) is 1.15. The van der Waals surface area contributed by atoms with Crippen molar-refractivity contribution in [2.24, 2.45) is 0 Å². The first-order chi connectivity index (χ1) is 10.9. The van der Waals surface area contributed by atoms with Crippen molar-refractivity contribution in [1.29, 1.82) is 0 Å². The van der Waals surface area contributed by atoms with E-state index in [1.54, 1.807) is 6.92 Å². The van der Waals surface area contributed by atoms with Gasteiger partial charge in [0.05, 0.1) is 31.8 Å². The fourth-order valence-corrected chi connectivity index (χ4v) is 2.26. The molecule has 0 saturated carbocycles. The van der Waals surface area contributed by atoms with E-state index >= 15 is 0 Å². The van der Waals surface area contributed by atoms with Crippen LogP contribution >= 0.6 is 0 Å². The lowest BCUT2D eigenvalue weighted by Gasteiger charge is -2.16. The van der Waals surface area contributed by atoms with Gasteiger partial charge in [0.1, 0.15) is 0 Å². The number of allylic oxidation sites excluding steroid dienone is 1. The molecular weight excluding hydrogens is 302 g/mol. The summed E-state index contributed by atoms with van der Waals surface area (Å²) in [7, 11) is 0. The average Bonchev–Trinajstić information content (AvgIpc) is 2.52. The van der Waals surface area contributed by atoms with Crippen molar-refractivity contribution in [1.82, 2.24) is 13.7 Å². The molecule has 0 spiro atoms. The van der Waals surface area contributed by atoms with Gasteiger partial charge in [0.15, 0.2) is 0 Å². The van der Waals surface area contributed by atoms with Gasteiger partial charge < -0.3 is 10.2 Å². The summed E-state index contributed by atoms with van der Waals surface area (Å²) in [4.78, 5) is 37.1. The Morgan fingerprint density at radius 3 is 1.87 bits per heavy atom. The van der Waals surface area contributed by atoms with Gasteiger partial charge in [-0.25, -0.2) is 28.1 Å². The fraction of sp³-hybridized carbons (Fsp3) is 0.667. The van der Waals surface area contributed by atoms with E-state index in [0.717, 1.165) is 13.7 Å². The number of aromatic nitrogens is 3. The Hall–Kier alpha value is -1.93. The molecule has 1 rings (SSSR count). The third-order valence-electron chi connectivity index (χ3n) is 3.58. The second kappa shape index (κ2) is 8.64. The molecule has 0 amide bonds. The van der Waals surface area contributed by atoms with Crippen LogP contribution in [0.1, 0.15) is 33.1 Å². The van der Waals surface area contributed by atoms with E-state index in [1.807, 2.05) is 6.92 Å². The van der Waals surface area contributed by atoms with Crippen LogP contribution in [0.15, 0.2) is 27.0 Å². The van der Waals surface area contributed by atoms with E-state index in [9.17, 15) is 24.6 Å². The lowest BCUT2D eigenvalue weighted by molar-refractivity contribution is 0.130. The molecule has 2 atom stereocenters. The Morgan fingerprint density at radius 1 is 0.957 bits per heavy atom. The van der Waals surface area contributed by atoms with Gasteiger partial charge in [-0.3, -0.25) is 0 Å². The maximum Gasteiger partial charge on any atom is 0.336 e. The number of hydrogen-bond acceptors (Lipinski definition) is 5. The zero-order valence-electron chi connectivity index (χ0n) is 13.6. The molecule has 1 aromatic heterocycles. The SMILES string of the molecule is C=CCn1c(=O)n(CC(O)CC)c(=O)n(CC(O)CCC)c1=O. The van der Waals surface area contributed by atoms with Crippen LogP contribution in [-0.2, 0) is 19.6 Å². The molecule has 0 saturated heterocycles. The molecular formula is C15H25N3O5. The number of rotatable bonds is 9. The van der Waals surface area contributed by atoms with E-state index in [2.05, 4.69) is 6.58 Å². The molecule has 2 N–H and O–H groups in total. The Morgan fingerprint density at radius 2 is 1.43 bits per heavy atom. The minimum Gasteiger partial charge on any atom is -0.391 e. The van der Waals surface area contributed by atoms with E-state index < -0.39 is 29.3 Å². The van der Waals surface area contributed by atoms with Crippen molar-refractivity contribution in [2.45, 2.75) is 65.0 Å². The third-order valence-corrected chi connectivity index (χ3v) is 3.58. The van der Waals surface area contributed by atoms with Gasteiger partial charge in [-0.2, -0.15) is 0 Å². The largest absolute Gasteiger partial charge is 0.391 e. The summed E-state index contributed by atoms with van der Waals surface area (Å²) < 4.78 is 2.54. The average molecular weight is 327 g/mol. The summed E-state index contributed by atoms with van der Waals surface area (Å²) in [6.45, 7) is 6.65. The molecule has 130 valence electrons. The molecule has 8 nitrogen and oxygen atoms in total. The molecule has 0 aliphatic rings. The highest BCUT2D eigenvalue weighted by molar-refractivity contribution is 4.83. The summed E-state index contributed by atoms with van der Waals surface area (Å²) in [5.74, 6) is 0. The van der Waals surface area contributed by atoms with Crippen molar-refractivity contribution in [2.75, 3.05) is 0 Å². The van der Waals surface area contributed by atoms with Crippen LogP contribution in [0.25, 0.3) is 0 Å². The Bertz CT molecular complexity index is 701. The summed E-state index contributed by atoms with van der Waals surface area (Å²) in [5, 5.41) is 19.6. The van der Waals surface area contributed by atoms with Gasteiger partial charge in [0.2, 0.25) is 0 Å². The van der Waals surface area contributed by atoms with Gasteiger partial charge in [-0.05, 0) is 12.8 Å². The number of aliphatic hydroxyl groups excluding tert-OH is 2. The zero-order chi connectivity index (χ0) is 17.6. The number of nitrogens with zero attached hydrogens (tertiary/aromatic N) is 3. The maximum atomic E-state index is 12.4. The minimum absolute atomic E-state index is 0.0515. The van der Waals surface area contributed by atoms with Gasteiger partial charge >= 0.3 is 17.1 Å². The molecule has 8 heteroatoms. The van der Waals surface area contributed by atoms with E-state index in [0.29, 0.717) is 19.3 Å². The van der Waals surface area contributed by atoms with Crippen LogP contribution in [0.3, 0.4) is 0 Å². The van der Waals surface area contributed by atoms with Gasteiger partial charge in [0.25, 0.3) is 0 Å². The van der Waals surface area contributed by atoms with Crippen molar-refractivity contribution in [3.63, 3.8) is 0 Å². The van der Waals surface area contributed by atoms with Gasteiger partial charge in [-0.15, -0.1) is 6.58 Å². The van der Waals surface area contributed by atoms with Crippen LogP contribution in [-0.4, -0.2) is 36.1 Å². The first-order valence-electron chi connectivity index (χ1n) is 7.78. The number of aliphatic hydroxyl groups is 2. The molecule has 0 aliphatic heterocycles. The predicted octanol–water partition coefficient (Wildman–Crippen LogP) is -0.710. The molecule has 23 heavy (non-hydrogen) atoms. The molecule has 0 fully saturated rings. The molecule has 0 aliphatic carbocycles. The van der Waals surface area contributed by atoms with Crippen molar-refractivity contribution in [3.05, 3.63) is 44.1 Å². The van der Waals surface area contributed by atoms with Crippen LogP contribution < -0.4 is 17.1 Å². The lowest BCUT2D eigenvalue weighted by atomic mass is 10.2. The highest BCUT2D eigenvalue weighted by Crippen LogP contribution is 1.97. The topological polar surface area (TPSA) is 106 Å². The predicted molar refractivity (Wildman–Crippen MR) is 86.6 cm³/mol. The highest BCUT2D eigenvalue weighted by atomic mass is 16.3. The fourth-order valence-electron chi connectivity index (χ4n) is 2.26. The smallest absolute Gasteiger partial charge is 0.336 e. The molecule has 0 aromatic carbocycles. The molecule has 0 radical (unpaired) electrons. The Kier molecular flexibility index (Phi) is 7.18. The third kappa shape index (κ3) is 4.52.